The first-order chi connectivity index (χ1) is 27.9. The number of benzene rings is 2. The lowest BCUT2D eigenvalue weighted by Gasteiger charge is -2.20. The number of hydrogen-bond acceptors (Lipinski definition) is 9. The van der Waals surface area contributed by atoms with Gasteiger partial charge in [0.1, 0.15) is 23.7 Å². The number of aromatic amines is 2. The monoisotopic (exact) mass is 793 g/mol. The number of H-pyrrole nitrogens is 2. The molecule has 0 saturated carbocycles. The van der Waals surface area contributed by atoms with Gasteiger partial charge in [-0.05, 0) is 72.6 Å². The highest BCUT2D eigenvalue weighted by atomic mass is 16.5. The molecule has 0 saturated heterocycles. The number of methoxy groups -OCH3 is 2. The van der Waals surface area contributed by atoms with Gasteiger partial charge in [-0.15, -0.1) is 0 Å². The number of carbonyl (C=O) groups excluding carboxylic acids is 4. The van der Waals surface area contributed by atoms with Crippen LogP contribution in [-0.2, 0) is 31.9 Å². The summed E-state index contributed by atoms with van der Waals surface area (Å²) in [7, 11) is 2.55. The Kier molecular flexibility index (Phi) is 15.4. The largest absolute Gasteiger partial charge is 0.453 e. The number of aromatic nitrogens is 5. The maximum Gasteiger partial charge on any atom is 0.407 e. The summed E-state index contributed by atoms with van der Waals surface area (Å²) < 4.78 is 9.26. The molecule has 6 N–H and O–H groups in total. The third-order valence-electron chi connectivity index (χ3n) is 9.87. The van der Waals surface area contributed by atoms with Crippen molar-refractivity contribution in [3.05, 3.63) is 78.8 Å². The Morgan fingerprint density at radius 2 is 1.05 bits per heavy atom. The van der Waals surface area contributed by atoms with Crippen molar-refractivity contribution in [2.24, 2.45) is 11.8 Å². The molecule has 15 heteroatoms. The fraction of sp³-hybridized carbons (Fsp3) is 0.419. The van der Waals surface area contributed by atoms with Gasteiger partial charge in [-0.1, -0.05) is 52.0 Å². The number of imidazole rings is 2. The molecule has 58 heavy (non-hydrogen) atoms. The van der Waals surface area contributed by atoms with Gasteiger partial charge < -0.3 is 40.7 Å². The lowest BCUT2D eigenvalue weighted by atomic mass is 10.0. The average molecular weight is 794 g/mol. The Morgan fingerprint density at radius 1 is 0.586 bits per heavy atom. The molecule has 3 aromatic heterocycles. The highest BCUT2D eigenvalue weighted by Crippen LogP contribution is 2.28. The van der Waals surface area contributed by atoms with Crippen LogP contribution in [0.25, 0.3) is 44.5 Å². The molecular formula is C43H55N9O6. The normalized spacial score (nSPS) is 12.3. The summed E-state index contributed by atoms with van der Waals surface area (Å²) in [5.41, 5.74) is 5.70. The standard InChI is InChI=1S/C43H55N9O6/c1-26(2)38(51-42(55)57-5)40(53)44-19-9-7-11-36-47-24-34(49-36)31-16-14-28-21-30(15-13-29(28)22-31)33-18-17-32(23-46-33)35-25-48-37(50-35)12-8-10-20-45-41(54)39(27(3)4)52-43(56)58-6/h13-18,21-27,38-39H,7-12,19-20H2,1-6H3,(H,44,53)(H,45,54)(H,47,49)(H,48,50)(H,51,55)(H,52,56)/t38-,39?/m0/s1. The van der Waals surface area contributed by atoms with E-state index in [4.69, 9.17) is 4.98 Å². The molecule has 0 bridgehead atoms. The number of alkyl carbamates (subject to hydrolysis) is 2. The van der Waals surface area contributed by atoms with Crippen molar-refractivity contribution in [3.63, 3.8) is 0 Å². The number of fused-ring (bicyclic) bond motifs is 1. The Bertz CT molecular complexity index is 2140. The van der Waals surface area contributed by atoms with Crippen LogP contribution in [0.4, 0.5) is 9.59 Å². The molecule has 4 amide bonds. The summed E-state index contributed by atoms with van der Waals surface area (Å²) in [6.07, 6.45) is 8.96. The predicted octanol–water partition coefficient (Wildman–Crippen LogP) is 6.32. The number of nitrogens with zero attached hydrogens (tertiary/aromatic N) is 3. The van der Waals surface area contributed by atoms with E-state index in [1.165, 1.54) is 14.2 Å². The zero-order chi connectivity index (χ0) is 41.6. The van der Waals surface area contributed by atoms with Crippen LogP contribution in [-0.4, -0.2) is 88.3 Å². The molecule has 0 spiro atoms. The van der Waals surface area contributed by atoms with E-state index in [1.54, 1.807) is 0 Å². The number of pyridine rings is 1. The summed E-state index contributed by atoms with van der Waals surface area (Å²) in [6.45, 7) is 8.48. The smallest absolute Gasteiger partial charge is 0.407 e. The van der Waals surface area contributed by atoms with E-state index in [2.05, 4.69) is 87.1 Å². The molecular weight excluding hydrogens is 739 g/mol. The highest BCUT2D eigenvalue weighted by molar-refractivity contribution is 5.90. The maximum absolute atomic E-state index is 12.5. The van der Waals surface area contributed by atoms with E-state index in [0.717, 1.165) is 94.7 Å². The van der Waals surface area contributed by atoms with E-state index < -0.39 is 24.3 Å². The minimum atomic E-state index is -0.651. The second kappa shape index (κ2) is 20.8. The minimum absolute atomic E-state index is 0.0684. The van der Waals surface area contributed by atoms with Crippen LogP contribution in [0.2, 0.25) is 0 Å². The Morgan fingerprint density at radius 3 is 1.52 bits per heavy atom. The minimum Gasteiger partial charge on any atom is -0.453 e. The molecule has 0 fully saturated rings. The van der Waals surface area contributed by atoms with Gasteiger partial charge in [-0.25, -0.2) is 19.6 Å². The summed E-state index contributed by atoms with van der Waals surface area (Å²) in [4.78, 5) is 68.9. The van der Waals surface area contributed by atoms with Crippen molar-refractivity contribution >= 4 is 34.8 Å². The van der Waals surface area contributed by atoms with Crippen LogP contribution in [0.3, 0.4) is 0 Å². The third kappa shape index (κ3) is 11.9. The van der Waals surface area contributed by atoms with Crippen LogP contribution in [0.1, 0.15) is 65.0 Å². The number of rotatable bonds is 19. The first-order valence-corrected chi connectivity index (χ1v) is 19.8. The quantitative estimate of drug-likeness (QED) is 0.0517. The first-order valence-electron chi connectivity index (χ1n) is 19.8. The van der Waals surface area contributed by atoms with Gasteiger partial charge in [0.2, 0.25) is 11.8 Å². The lowest BCUT2D eigenvalue weighted by molar-refractivity contribution is -0.124. The molecule has 5 aromatic rings. The average Bonchev–Trinajstić information content (AvgIpc) is 3.91. The molecule has 2 aromatic carbocycles. The fourth-order valence-corrected chi connectivity index (χ4v) is 6.49. The maximum atomic E-state index is 12.5. The second-order valence-corrected chi connectivity index (χ2v) is 14.9. The Labute approximate surface area is 338 Å². The number of amides is 4. The second-order valence-electron chi connectivity index (χ2n) is 14.9. The fourth-order valence-electron chi connectivity index (χ4n) is 6.49. The molecule has 1 unspecified atom stereocenters. The SMILES string of the molecule is COC(=O)NC(C(=O)NCCCCc1ncc(-c2ccc(-c3ccc4cc(-c5cnc(CCCCNC(=O)[C@@H](NC(=O)OC)C(C)C)[nH]5)ccc4c3)nc2)[nH]1)C(C)C. The highest BCUT2D eigenvalue weighted by Gasteiger charge is 2.25. The van der Waals surface area contributed by atoms with Gasteiger partial charge >= 0.3 is 12.2 Å². The number of carbonyl (C=O) groups is 4. The first kappa shape index (κ1) is 42.9. The van der Waals surface area contributed by atoms with Gasteiger partial charge in [0, 0.05) is 48.8 Å². The Hall–Kier alpha value is -6.25. The zero-order valence-corrected chi connectivity index (χ0v) is 34.1. The molecule has 5 rings (SSSR count). The molecule has 0 aliphatic rings. The molecule has 0 radical (unpaired) electrons. The van der Waals surface area contributed by atoms with E-state index in [9.17, 15) is 19.2 Å². The van der Waals surface area contributed by atoms with Crippen molar-refractivity contribution in [3.8, 4) is 33.8 Å². The predicted molar refractivity (Wildman–Crippen MR) is 223 cm³/mol. The van der Waals surface area contributed by atoms with Gasteiger partial charge in [0.15, 0.2) is 0 Å². The van der Waals surface area contributed by atoms with E-state index in [1.807, 2.05) is 58.4 Å². The van der Waals surface area contributed by atoms with E-state index >= 15 is 0 Å². The number of ether oxygens (including phenoxy) is 2. The number of unbranched alkanes of at least 4 members (excludes halogenated alkanes) is 2. The summed E-state index contributed by atoms with van der Waals surface area (Å²) in [5, 5.41) is 13.2. The topological polar surface area (TPSA) is 205 Å². The number of hydrogen-bond donors (Lipinski definition) is 6. The third-order valence-corrected chi connectivity index (χ3v) is 9.87. The van der Waals surface area contributed by atoms with E-state index in [0.29, 0.717) is 13.1 Å². The lowest BCUT2D eigenvalue weighted by Crippen LogP contribution is -2.49. The van der Waals surface area contributed by atoms with Gasteiger partial charge in [0.05, 0.1) is 43.7 Å². The van der Waals surface area contributed by atoms with Crippen molar-refractivity contribution in [1.82, 2.24) is 46.2 Å². The van der Waals surface area contributed by atoms with Gasteiger partial charge in [0.25, 0.3) is 0 Å². The molecule has 0 aliphatic heterocycles. The summed E-state index contributed by atoms with van der Waals surface area (Å²) >= 11 is 0. The Balaban J connectivity index is 1.08. The van der Waals surface area contributed by atoms with Crippen molar-refractivity contribution in [1.29, 1.82) is 0 Å². The summed E-state index contributed by atoms with van der Waals surface area (Å²) in [5.74, 6) is 1.16. The van der Waals surface area contributed by atoms with Crippen LogP contribution in [0, 0.1) is 11.8 Å². The molecule has 2 atom stereocenters. The van der Waals surface area contributed by atoms with Crippen molar-refractivity contribution < 1.29 is 28.7 Å². The van der Waals surface area contributed by atoms with Crippen molar-refractivity contribution in [2.75, 3.05) is 27.3 Å². The van der Waals surface area contributed by atoms with Crippen molar-refractivity contribution in [2.45, 2.75) is 78.3 Å². The zero-order valence-electron chi connectivity index (χ0n) is 34.1. The van der Waals surface area contributed by atoms with Crippen LogP contribution in [0.15, 0.2) is 67.1 Å². The molecule has 0 aliphatic carbocycles. The molecule has 15 nitrogen and oxygen atoms in total. The summed E-state index contributed by atoms with van der Waals surface area (Å²) in [6, 6.07) is 15.4. The van der Waals surface area contributed by atoms with Gasteiger partial charge in [-0.3, -0.25) is 14.6 Å². The van der Waals surface area contributed by atoms with Crippen LogP contribution < -0.4 is 21.3 Å². The number of nitrogens with one attached hydrogen (secondary N) is 6. The number of aryl methyl sites for hydroxylation is 2. The van der Waals surface area contributed by atoms with E-state index in [-0.39, 0.29) is 23.7 Å². The van der Waals surface area contributed by atoms with Crippen LogP contribution >= 0.6 is 0 Å². The molecule has 3 heterocycles. The molecule has 308 valence electrons. The van der Waals surface area contributed by atoms with Gasteiger partial charge in [-0.2, -0.15) is 0 Å². The van der Waals surface area contributed by atoms with Crippen LogP contribution in [0.5, 0.6) is 0 Å².